The summed E-state index contributed by atoms with van der Waals surface area (Å²) in [5.74, 6) is -2.34. The molecule has 1 aromatic heterocycles. The number of carbonyl (C=O) groups excluding carboxylic acids is 1. The molecule has 16 heavy (non-hydrogen) atoms. The summed E-state index contributed by atoms with van der Waals surface area (Å²) in [7, 11) is 0. The lowest BCUT2D eigenvalue weighted by Gasteiger charge is -2.05. The number of nitrogens with one attached hydrogen (secondary N) is 2. The Morgan fingerprint density at radius 3 is 2.50 bits per heavy atom. The Balaban J connectivity index is 2.25. The molecule has 2 rings (SSSR count). The van der Waals surface area contributed by atoms with E-state index in [1.54, 1.807) is 0 Å². The maximum absolute atomic E-state index is 13.2. The quantitative estimate of drug-likeness (QED) is 0.817. The number of H-pyrrole nitrogens is 1. The van der Waals surface area contributed by atoms with Gasteiger partial charge in [0.2, 0.25) is 0 Å². The molecule has 1 heterocycles. The minimum absolute atomic E-state index is 0.0580. The number of anilines is 1. The molecule has 0 saturated heterocycles. The van der Waals surface area contributed by atoms with Crippen LogP contribution in [0.1, 0.15) is 10.5 Å². The molecule has 0 unspecified atom stereocenters. The van der Waals surface area contributed by atoms with Crippen LogP contribution in [0.3, 0.4) is 0 Å². The SMILES string of the molecule is O=C(Nc1c(F)cccc1F)c1cc[nH]n1. The first-order chi connectivity index (χ1) is 7.68. The molecule has 82 valence electrons. The number of rotatable bonds is 2. The van der Waals surface area contributed by atoms with Crippen molar-refractivity contribution < 1.29 is 13.6 Å². The number of halogens is 2. The van der Waals surface area contributed by atoms with E-state index >= 15 is 0 Å². The van der Waals surface area contributed by atoms with Gasteiger partial charge in [-0.05, 0) is 18.2 Å². The van der Waals surface area contributed by atoms with Gasteiger partial charge in [0.1, 0.15) is 23.0 Å². The summed E-state index contributed by atoms with van der Waals surface area (Å²) >= 11 is 0. The van der Waals surface area contributed by atoms with Crippen molar-refractivity contribution in [3.8, 4) is 0 Å². The highest BCUT2D eigenvalue weighted by atomic mass is 19.1. The van der Waals surface area contributed by atoms with Crippen molar-refractivity contribution in [3.63, 3.8) is 0 Å². The summed E-state index contributed by atoms with van der Waals surface area (Å²) in [5.41, 5.74) is -0.418. The zero-order valence-electron chi connectivity index (χ0n) is 8.00. The molecule has 0 aliphatic heterocycles. The zero-order chi connectivity index (χ0) is 11.5. The Hall–Kier alpha value is -2.24. The predicted molar refractivity (Wildman–Crippen MR) is 52.9 cm³/mol. The Morgan fingerprint density at radius 1 is 1.25 bits per heavy atom. The summed E-state index contributed by atoms with van der Waals surface area (Å²) in [4.78, 5) is 11.5. The van der Waals surface area contributed by atoms with Gasteiger partial charge in [-0.25, -0.2) is 8.78 Å². The van der Waals surface area contributed by atoms with Crippen molar-refractivity contribution in [1.29, 1.82) is 0 Å². The topological polar surface area (TPSA) is 57.8 Å². The highest BCUT2D eigenvalue weighted by Crippen LogP contribution is 2.18. The van der Waals surface area contributed by atoms with Gasteiger partial charge in [-0.3, -0.25) is 9.89 Å². The molecule has 0 saturated carbocycles. The number of benzene rings is 1. The Bertz CT molecular complexity index is 491. The van der Waals surface area contributed by atoms with Crippen LogP contribution in [0.4, 0.5) is 14.5 Å². The average Bonchev–Trinajstić information content (AvgIpc) is 2.76. The van der Waals surface area contributed by atoms with Gasteiger partial charge in [0, 0.05) is 6.20 Å². The first-order valence-corrected chi connectivity index (χ1v) is 4.43. The van der Waals surface area contributed by atoms with E-state index in [0.717, 1.165) is 12.1 Å². The van der Waals surface area contributed by atoms with Crippen LogP contribution in [-0.4, -0.2) is 16.1 Å². The maximum Gasteiger partial charge on any atom is 0.276 e. The zero-order valence-corrected chi connectivity index (χ0v) is 8.00. The maximum atomic E-state index is 13.2. The van der Waals surface area contributed by atoms with Gasteiger partial charge in [-0.1, -0.05) is 6.07 Å². The summed E-state index contributed by atoms with van der Waals surface area (Å²) in [6.45, 7) is 0. The molecule has 0 fully saturated rings. The molecule has 0 atom stereocenters. The van der Waals surface area contributed by atoms with E-state index in [-0.39, 0.29) is 5.69 Å². The predicted octanol–water partition coefficient (Wildman–Crippen LogP) is 1.94. The average molecular weight is 223 g/mol. The van der Waals surface area contributed by atoms with Crippen molar-refractivity contribution in [1.82, 2.24) is 10.2 Å². The van der Waals surface area contributed by atoms with E-state index in [1.807, 2.05) is 0 Å². The molecule has 4 nitrogen and oxygen atoms in total. The van der Waals surface area contributed by atoms with Crippen molar-refractivity contribution in [2.24, 2.45) is 0 Å². The van der Waals surface area contributed by atoms with Gasteiger partial charge in [0.05, 0.1) is 0 Å². The number of amides is 1. The van der Waals surface area contributed by atoms with Crippen LogP contribution < -0.4 is 5.32 Å². The van der Waals surface area contributed by atoms with Crippen LogP contribution in [-0.2, 0) is 0 Å². The first-order valence-electron chi connectivity index (χ1n) is 4.43. The van der Waals surface area contributed by atoms with E-state index < -0.39 is 23.2 Å². The van der Waals surface area contributed by atoms with E-state index in [2.05, 4.69) is 15.5 Å². The summed E-state index contributed by atoms with van der Waals surface area (Å²) in [6, 6.07) is 4.73. The van der Waals surface area contributed by atoms with Crippen LogP contribution in [0.25, 0.3) is 0 Å². The van der Waals surface area contributed by atoms with Crippen LogP contribution in [0, 0.1) is 11.6 Å². The Morgan fingerprint density at radius 2 is 1.94 bits per heavy atom. The molecule has 2 aromatic rings. The van der Waals surface area contributed by atoms with Crippen molar-refractivity contribution in [2.75, 3.05) is 5.32 Å². The second-order valence-electron chi connectivity index (χ2n) is 3.01. The third-order valence-corrected chi connectivity index (χ3v) is 1.93. The van der Waals surface area contributed by atoms with Gasteiger partial charge < -0.3 is 5.32 Å². The summed E-state index contributed by atoms with van der Waals surface area (Å²) < 4.78 is 26.3. The fourth-order valence-electron chi connectivity index (χ4n) is 1.18. The van der Waals surface area contributed by atoms with Gasteiger partial charge in [0.25, 0.3) is 5.91 Å². The molecule has 2 N–H and O–H groups in total. The van der Waals surface area contributed by atoms with Gasteiger partial charge in [-0.2, -0.15) is 5.10 Å². The Kier molecular flexibility index (Phi) is 2.63. The van der Waals surface area contributed by atoms with Crippen molar-refractivity contribution in [3.05, 3.63) is 47.8 Å². The summed E-state index contributed by atoms with van der Waals surface area (Å²) in [6.07, 6.45) is 1.44. The molecular weight excluding hydrogens is 216 g/mol. The third kappa shape index (κ3) is 1.90. The number of aromatic nitrogens is 2. The monoisotopic (exact) mass is 223 g/mol. The lowest BCUT2D eigenvalue weighted by Crippen LogP contribution is -2.14. The molecular formula is C10H7F2N3O. The van der Waals surface area contributed by atoms with Gasteiger partial charge >= 0.3 is 0 Å². The van der Waals surface area contributed by atoms with Crippen LogP contribution in [0.5, 0.6) is 0 Å². The van der Waals surface area contributed by atoms with E-state index in [0.29, 0.717) is 0 Å². The van der Waals surface area contributed by atoms with E-state index in [4.69, 9.17) is 0 Å². The second kappa shape index (κ2) is 4.09. The fourth-order valence-corrected chi connectivity index (χ4v) is 1.18. The number of para-hydroxylation sites is 1. The van der Waals surface area contributed by atoms with Crippen LogP contribution in [0.15, 0.2) is 30.5 Å². The standard InChI is InChI=1S/C10H7F2N3O/c11-6-2-1-3-7(12)9(6)14-10(16)8-4-5-13-15-8/h1-5H,(H,13,15)(H,14,16). The molecule has 1 amide bonds. The van der Waals surface area contributed by atoms with Crippen LogP contribution >= 0.6 is 0 Å². The molecule has 0 bridgehead atoms. The van der Waals surface area contributed by atoms with E-state index in [1.165, 1.54) is 18.3 Å². The highest BCUT2D eigenvalue weighted by molar-refractivity contribution is 6.02. The van der Waals surface area contributed by atoms with Crippen molar-refractivity contribution in [2.45, 2.75) is 0 Å². The molecule has 0 radical (unpaired) electrons. The fraction of sp³-hybridized carbons (Fsp3) is 0. The Labute approximate surface area is 89.3 Å². The molecule has 6 heteroatoms. The number of aromatic amines is 1. The summed E-state index contributed by atoms with van der Waals surface area (Å²) in [5, 5.41) is 8.13. The minimum atomic E-state index is -0.830. The number of hydrogen-bond acceptors (Lipinski definition) is 2. The largest absolute Gasteiger partial charge is 0.316 e. The minimum Gasteiger partial charge on any atom is -0.316 e. The molecule has 0 aliphatic rings. The lowest BCUT2D eigenvalue weighted by atomic mass is 10.3. The highest BCUT2D eigenvalue weighted by Gasteiger charge is 2.14. The second-order valence-corrected chi connectivity index (χ2v) is 3.01. The third-order valence-electron chi connectivity index (χ3n) is 1.93. The normalized spacial score (nSPS) is 10.1. The lowest BCUT2D eigenvalue weighted by molar-refractivity contribution is 0.102. The molecule has 1 aromatic carbocycles. The first kappa shape index (κ1) is 10.3. The van der Waals surface area contributed by atoms with Gasteiger partial charge in [0.15, 0.2) is 0 Å². The molecule has 0 aliphatic carbocycles. The molecule has 0 spiro atoms. The smallest absolute Gasteiger partial charge is 0.276 e. The van der Waals surface area contributed by atoms with Gasteiger partial charge in [-0.15, -0.1) is 0 Å². The van der Waals surface area contributed by atoms with Crippen molar-refractivity contribution >= 4 is 11.6 Å². The van der Waals surface area contributed by atoms with Crippen LogP contribution in [0.2, 0.25) is 0 Å². The number of hydrogen-bond donors (Lipinski definition) is 2. The van der Waals surface area contributed by atoms with E-state index in [9.17, 15) is 13.6 Å². The number of nitrogens with zero attached hydrogens (tertiary/aromatic N) is 1. The number of carbonyl (C=O) groups is 1.